The van der Waals surface area contributed by atoms with Gasteiger partial charge in [-0.25, -0.2) is 4.68 Å². The highest BCUT2D eigenvalue weighted by Gasteiger charge is 2.19. The first-order valence-corrected chi connectivity index (χ1v) is 6.94. The predicted molar refractivity (Wildman–Crippen MR) is 81.2 cm³/mol. The third-order valence-electron chi connectivity index (χ3n) is 3.54. The minimum atomic E-state index is -2.77. The maximum atomic E-state index is 12.8. The molecular formula is C16H13F2N5O. The Bertz CT molecular complexity index is 874. The van der Waals surface area contributed by atoms with Crippen LogP contribution in [-0.4, -0.2) is 15.7 Å². The van der Waals surface area contributed by atoms with Gasteiger partial charge in [-0.15, -0.1) is 0 Å². The molecule has 0 fully saturated rings. The Morgan fingerprint density at radius 1 is 1.29 bits per heavy atom. The van der Waals surface area contributed by atoms with Crippen molar-refractivity contribution in [3.8, 4) is 12.1 Å². The largest absolute Gasteiger partial charge is 0.333 e. The van der Waals surface area contributed by atoms with Gasteiger partial charge in [-0.3, -0.25) is 4.79 Å². The van der Waals surface area contributed by atoms with Crippen molar-refractivity contribution < 1.29 is 13.6 Å². The van der Waals surface area contributed by atoms with E-state index in [9.17, 15) is 13.6 Å². The van der Waals surface area contributed by atoms with Gasteiger partial charge in [0.2, 0.25) is 5.91 Å². The lowest BCUT2D eigenvalue weighted by atomic mass is 10.1. The molecule has 1 aromatic carbocycles. The minimum Gasteiger partial charge on any atom is -0.326 e. The van der Waals surface area contributed by atoms with Gasteiger partial charge in [-0.05, 0) is 32.0 Å². The zero-order valence-electron chi connectivity index (χ0n) is 13.0. The van der Waals surface area contributed by atoms with Crippen LogP contribution in [0.5, 0.6) is 0 Å². The van der Waals surface area contributed by atoms with Gasteiger partial charge in [-0.1, -0.05) is 0 Å². The van der Waals surface area contributed by atoms with Crippen molar-refractivity contribution >= 4 is 11.6 Å². The fourth-order valence-electron chi connectivity index (χ4n) is 2.32. The van der Waals surface area contributed by atoms with E-state index < -0.39 is 12.5 Å². The van der Waals surface area contributed by atoms with Crippen LogP contribution in [-0.2, 0) is 11.2 Å². The van der Waals surface area contributed by atoms with E-state index >= 15 is 0 Å². The number of hydrogen-bond acceptors (Lipinski definition) is 4. The molecule has 0 saturated carbocycles. The highest BCUT2D eigenvalue weighted by Crippen LogP contribution is 2.20. The zero-order chi connectivity index (χ0) is 17.9. The number of amides is 1. The van der Waals surface area contributed by atoms with E-state index in [-0.39, 0.29) is 23.2 Å². The third-order valence-corrected chi connectivity index (χ3v) is 3.54. The van der Waals surface area contributed by atoms with Crippen molar-refractivity contribution in [3.63, 3.8) is 0 Å². The van der Waals surface area contributed by atoms with Gasteiger partial charge in [0.05, 0.1) is 23.2 Å². The van der Waals surface area contributed by atoms with Gasteiger partial charge in [0, 0.05) is 16.9 Å². The number of nitrogens with zero attached hydrogens (tertiary/aromatic N) is 4. The van der Waals surface area contributed by atoms with Crippen molar-refractivity contribution in [2.75, 3.05) is 5.32 Å². The van der Waals surface area contributed by atoms with Crippen LogP contribution in [0.3, 0.4) is 0 Å². The second-order valence-electron chi connectivity index (χ2n) is 5.08. The molecule has 0 aliphatic rings. The van der Waals surface area contributed by atoms with Crippen molar-refractivity contribution in [3.05, 3.63) is 46.3 Å². The average Bonchev–Trinajstić information content (AvgIpc) is 2.83. The number of hydrogen-bond donors (Lipinski definition) is 1. The molecule has 2 rings (SSSR count). The number of benzene rings is 1. The lowest BCUT2D eigenvalue weighted by Crippen LogP contribution is -2.15. The first-order chi connectivity index (χ1) is 11.4. The number of rotatable bonds is 4. The Labute approximate surface area is 136 Å². The van der Waals surface area contributed by atoms with E-state index in [1.807, 2.05) is 12.1 Å². The van der Waals surface area contributed by atoms with Crippen LogP contribution in [0.4, 0.5) is 14.5 Å². The monoisotopic (exact) mass is 329 g/mol. The fourth-order valence-corrected chi connectivity index (χ4v) is 2.32. The number of nitrogens with one attached hydrogen (secondary N) is 1. The van der Waals surface area contributed by atoms with E-state index in [4.69, 9.17) is 10.5 Å². The predicted octanol–water partition coefficient (Wildman–Crippen LogP) is 2.82. The summed E-state index contributed by atoms with van der Waals surface area (Å²) in [7, 11) is 0. The maximum Gasteiger partial charge on any atom is 0.333 e. The van der Waals surface area contributed by atoms with Crippen molar-refractivity contribution in [1.29, 1.82) is 10.5 Å². The van der Waals surface area contributed by atoms with Gasteiger partial charge >= 0.3 is 6.55 Å². The van der Waals surface area contributed by atoms with Crippen LogP contribution >= 0.6 is 0 Å². The standard InChI is InChI=1S/C16H13F2N5O/c1-9-14(10(2)23(22-9)16(17)18)6-15(24)21-13-4-3-11(7-19)12(5-13)8-20/h3-5,16H,6H2,1-2H3,(H,21,24). The first-order valence-electron chi connectivity index (χ1n) is 6.94. The summed E-state index contributed by atoms with van der Waals surface area (Å²) in [6.45, 7) is 0.270. The highest BCUT2D eigenvalue weighted by molar-refractivity contribution is 5.92. The van der Waals surface area contributed by atoms with Crippen molar-refractivity contribution in [2.45, 2.75) is 26.8 Å². The third kappa shape index (κ3) is 3.39. The number of nitriles is 2. The zero-order valence-corrected chi connectivity index (χ0v) is 13.0. The topological polar surface area (TPSA) is 94.5 Å². The number of carbonyl (C=O) groups excluding carboxylic acids is 1. The summed E-state index contributed by atoms with van der Waals surface area (Å²) < 4.78 is 26.2. The molecule has 2 aromatic rings. The van der Waals surface area contributed by atoms with Crippen LogP contribution in [0.1, 0.15) is 34.6 Å². The molecule has 122 valence electrons. The van der Waals surface area contributed by atoms with E-state index in [0.717, 1.165) is 0 Å². The lowest BCUT2D eigenvalue weighted by Gasteiger charge is -2.07. The van der Waals surface area contributed by atoms with E-state index in [2.05, 4.69) is 10.4 Å². The summed E-state index contributed by atoms with van der Waals surface area (Å²) in [5, 5.41) is 24.2. The molecule has 1 amide bonds. The Balaban J connectivity index is 2.18. The molecule has 0 atom stereocenters. The average molecular weight is 329 g/mol. The van der Waals surface area contributed by atoms with Gasteiger partial charge in [0.15, 0.2) is 0 Å². The van der Waals surface area contributed by atoms with Gasteiger partial charge in [-0.2, -0.15) is 24.4 Å². The Hall–Kier alpha value is -3.26. The summed E-state index contributed by atoms with van der Waals surface area (Å²) in [6.07, 6.45) is -0.119. The molecule has 0 saturated heterocycles. The second-order valence-corrected chi connectivity index (χ2v) is 5.08. The van der Waals surface area contributed by atoms with E-state index in [0.29, 0.717) is 21.6 Å². The molecule has 0 aliphatic heterocycles. The summed E-state index contributed by atoms with van der Waals surface area (Å²) in [6, 6.07) is 8.07. The van der Waals surface area contributed by atoms with Crippen LogP contribution in [0.25, 0.3) is 0 Å². The Morgan fingerprint density at radius 3 is 2.50 bits per heavy atom. The van der Waals surface area contributed by atoms with Crippen LogP contribution < -0.4 is 5.32 Å². The molecule has 1 aromatic heterocycles. The molecule has 6 nitrogen and oxygen atoms in total. The minimum absolute atomic E-state index is 0.119. The number of anilines is 1. The molecule has 1 N–H and O–H groups in total. The molecule has 0 unspecified atom stereocenters. The molecule has 0 spiro atoms. The smallest absolute Gasteiger partial charge is 0.326 e. The molecular weight excluding hydrogens is 316 g/mol. The van der Waals surface area contributed by atoms with Crippen molar-refractivity contribution in [2.24, 2.45) is 0 Å². The number of alkyl halides is 2. The molecule has 0 bridgehead atoms. The Morgan fingerprint density at radius 2 is 1.96 bits per heavy atom. The fraction of sp³-hybridized carbons (Fsp3) is 0.250. The normalized spacial score (nSPS) is 10.3. The molecule has 24 heavy (non-hydrogen) atoms. The van der Waals surface area contributed by atoms with Crippen molar-refractivity contribution in [1.82, 2.24) is 9.78 Å². The van der Waals surface area contributed by atoms with E-state index in [1.165, 1.54) is 25.1 Å². The molecule has 0 radical (unpaired) electrons. The molecule has 1 heterocycles. The van der Waals surface area contributed by atoms with Gasteiger partial charge < -0.3 is 5.32 Å². The van der Waals surface area contributed by atoms with E-state index in [1.54, 1.807) is 6.92 Å². The Kier molecular flexibility index (Phi) is 4.90. The molecule has 8 heteroatoms. The SMILES string of the molecule is Cc1nn(C(F)F)c(C)c1CC(=O)Nc1ccc(C#N)c(C#N)c1. The first kappa shape index (κ1) is 17.1. The number of halogens is 2. The highest BCUT2D eigenvalue weighted by atomic mass is 19.3. The van der Waals surface area contributed by atoms with Gasteiger partial charge in [0.1, 0.15) is 12.1 Å². The number of aryl methyl sites for hydroxylation is 1. The number of aromatic nitrogens is 2. The number of carbonyl (C=O) groups is 1. The van der Waals surface area contributed by atoms with Crippen LogP contribution in [0.15, 0.2) is 18.2 Å². The van der Waals surface area contributed by atoms with Crippen LogP contribution in [0, 0.1) is 36.5 Å². The maximum absolute atomic E-state index is 12.8. The van der Waals surface area contributed by atoms with Gasteiger partial charge in [0.25, 0.3) is 0 Å². The second kappa shape index (κ2) is 6.88. The molecule has 0 aliphatic carbocycles. The quantitative estimate of drug-likeness (QED) is 0.933. The summed E-state index contributed by atoms with van der Waals surface area (Å²) >= 11 is 0. The lowest BCUT2D eigenvalue weighted by molar-refractivity contribution is -0.115. The van der Waals surface area contributed by atoms with Crippen LogP contribution in [0.2, 0.25) is 0 Å². The summed E-state index contributed by atoms with van der Waals surface area (Å²) in [5.41, 5.74) is 1.73. The summed E-state index contributed by atoms with van der Waals surface area (Å²) in [5.74, 6) is -0.427. The summed E-state index contributed by atoms with van der Waals surface area (Å²) in [4.78, 5) is 12.1.